The number of aryl methyl sites for hydroxylation is 1. The Balaban J connectivity index is 1.54. The number of aliphatic hydroxyl groups is 1. The van der Waals surface area contributed by atoms with Crippen molar-refractivity contribution >= 4 is 33.2 Å². The molecular formula is C29H35ClN2O5S. The fraction of sp³-hybridized carbons (Fsp3) is 0.483. The second kappa shape index (κ2) is 11.3. The fourth-order valence-electron chi connectivity index (χ4n) is 5.66. The molecule has 0 saturated heterocycles. The number of rotatable bonds is 0. The molecule has 2 aromatic carbocycles. The molecule has 3 aliphatic rings. The van der Waals surface area contributed by atoms with Crippen LogP contribution in [0, 0.1) is 11.8 Å². The summed E-state index contributed by atoms with van der Waals surface area (Å²) in [7, 11) is -3.93. The molecule has 1 saturated carbocycles. The predicted molar refractivity (Wildman–Crippen MR) is 149 cm³/mol. The maximum Gasteiger partial charge on any atom is 0.264 e. The van der Waals surface area contributed by atoms with Gasteiger partial charge in [-0.3, -0.25) is 4.79 Å². The third-order valence-corrected chi connectivity index (χ3v) is 10.0. The van der Waals surface area contributed by atoms with Crippen molar-refractivity contribution in [3.63, 3.8) is 0 Å². The number of hydrogen-bond donors (Lipinski definition) is 2. The maximum atomic E-state index is 13.1. The van der Waals surface area contributed by atoms with Crippen LogP contribution in [0.5, 0.6) is 5.75 Å². The first-order valence-electron chi connectivity index (χ1n) is 13.4. The number of carbonyl (C=O) groups is 1. The van der Waals surface area contributed by atoms with Crippen LogP contribution in [-0.4, -0.2) is 43.9 Å². The summed E-state index contributed by atoms with van der Waals surface area (Å²) in [6.07, 6.45) is 7.87. The Morgan fingerprint density at radius 3 is 2.74 bits per heavy atom. The minimum absolute atomic E-state index is 0.147. The number of fused-ring (bicyclic) bond motifs is 3. The average molecular weight is 559 g/mol. The van der Waals surface area contributed by atoms with Crippen LogP contribution < -0.4 is 14.4 Å². The van der Waals surface area contributed by atoms with Gasteiger partial charge in [-0.05, 0) is 98.7 Å². The first-order chi connectivity index (χ1) is 18.2. The van der Waals surface area contributed by atoms with E-state index in [4.69, 9.17) is 16.3 Å². The number of nitrogens with zero attached hydrogens (tertiary/aromatic N) is 1. The number of halogens is 1. The third-order valence-electron chi connectivity index (χ3n) is 8.17. The molecule has 0 radical (unpaired) electrons. The van der Waals surface area contributed by atoms with E-state index < -0.39 is 27.3 Å². The topological polar surface area (TPSA) is 95.9 Å². The number of ether oxygens (including phenoxy) is 1. The zero-order valence-electron chi connectivity index (χ0n) is 21.6. The van der Waals surface area contributed by atoms with E-state index in [0.29, 0.717) is 29.7 Å². The average Bonchev–Trinajstić information content (AvgIpc) is 2.88. The predicted octanol–water partition coefficient (Wildman–Crippen LogP) is 4.86. The van der Waals surface area contributed by atoms with Crippen molar-refractivity contribution in [2.45, 2.75) is 63.4 Å². The molecule has 0 unspecified atom stereocenters. The van der Waals surface area contributed by atoms with Gasteiger partial charge in [-0.15, -0.1) is 0 Å². The Morgan fingerprint density at radius 2 is 1.95 bits per heavy atom. The molecule has 1 fully saturated rings. The van der Waals surface area contributed by atoms with Gasteiger partial charge in [-0.2, -0.15) is 0 Å². The Hall–Kier alpha value is -2.55. The summed E-state index contributed by atoms with van der Waals surface area (Å²) in [6.45, 7) is 3.38. The summed E-state index contributed by atoms with van der Waals surface area (Å²) >= 11 is 6.27. The molecule has 2 aliphatic heterocycles. The van der Waals surface area contributed by atoms with Gasteiger partial charge in [0, 0.05) is 23.7 Å². The van der Waals surface area contributed by atoms with E-state index in [1.54, 1.807) is 30.4 Å². The summed E-state index contributed by atoms with van der Waals surface area (Å²) in [6, 6.07) is 11.0. The second-order valence-corrected chi connectivity index (χ2v) is 13.2. The highest BCUT2D eigenvalue weighted by atomic mass is 35.5. The molecule has 0 spiro atoms. The number of nitrogens with one attached hydrogen (secondary N) is 1. The van der Waals surface area contributed by atoms with Gasteiger partial charge >= 0.3 is 0 Å². The number of benzene rings is 2. The Kier molecular flexibility index (Phi) is 8.03. The van der Waals surface area contributed by atoms with E-state index in [2.05, 4.69) is 9.62 Å². The van der Waals surface area contributed by atoms with Crippen molar-refractivity contribution in [2.75, 3.05) is 18.0 Å². The van der Waals surface area contributed by atoms with Crippen LogP contribution in [0.3, 0.4) is 0 Å². The molecule has 4 atom stereocenters. The number of carbonyl (C=O) groups excluding carboxylic acids is 1. The number of aliphatic hydroxyl groups excluding tert-OH is 1. The molecule has 5 rings (SSSR count). The van der Waals surface area contributed by atoms with Crippen molar-refractivity contribution in [3.8, 4) is 5.75 Å². The number of anilines is 1. The van der Waals surface area contributed by atoms with Crippen LogP contribution in [0.1, 0.15) is 60.5 Å². The lowest BCUT2D eigenvalue weighted by atomic mass is 9.69. The van der Waals surface area contributed by atoms with Crippen molar-refractivity contribution in [3.05, 3.63) is 70.3 Å². The van der Waals surface area contributed by atoms with E-state index in [0.717, 1.165) is 56.4 Å². The van der Waals surface area contributed by atoms with Crippen LogP contribution in [-0.2, 0) is 23.1 Å². The molecule has 2 bridgehead atoms. The van der Waals surface area contributed by atoms with Gasteiger partial charge in [0.1, 0.15) is 12.4 Å². The van der Waals surface area contributed by atoms with E-state index >= 15 is 0 Å². The summed E-state index contributed by atoms with van der Waals surface area (Å²) in [5.41, 5.74) is 3.28. The highest BCUT2D eigenvalue weighted by Gasteiger charge is 2.37. The Bertz CT molecular complexity index is 1330. The highest BCUT2D eigenvalue weighted by Crippen LogP contribution is 2.41. The minimum atomic E-state index is -3.93. The van der Waals surface area contributed by atoms with Gasteiger partial charge in [0.25, 0.3) is 5.91 Å². The van der Waals surface area contributed by atoms with Crippen LogP contribution in [0.2, 0.25) is 5.02 Å². The van der Waals surface area contributed by atoms with Gasteiger partial charge in [0.2, 0.25) is 10.0 Å². The summed E-state index contributed by atoms with van der Waals surface area (Å²) in [5, 5.41) is 10.7. The van der Waals surface area contributed by atoms with Crippen LogP contribution in [0.25, 0.3) is 0 Å². The van der Waals surface area contributed by atoms with Gasteiger partial charge in [-0.25, -0.2) is 13.1 Å². The lowest BCUT2D eigenvalue weighted by molar-refractivity contribution is 0.0180. The van der Waals surface area contributed by atoms with Gasteiger partial charge in [0.15, 0.2) is 0 Å². The van der Waals surface area contributed by atoms with Crippen molar-refractivity contribution in [2.24, 2.45) is 11.8 Å². The molecule has 2 heterocycles. The quantitative estimate of drug-likeness (QED) is 0.448. The minimum Gasteiger partial charge on any atom is -0.487 e. The zero-order valence-corrected chi connectivity index (χ0v) is 23.2. The normalized spacial score (nSPS) is 28.5. The van der Waals surface area contributed by atoms with E-state index in [-0.39, 0.29) is 11.5 Å². The summed E-state index contributed by atoms with van der Waals surface area (Å²) < 4.78 is 34.2. The Morgan fingerprint density at radius 1 is 1.11 bits per heavy atom. The van der Waals surface area contributed by atoms with Gasteiger partial charge in [-0.1, -0.05) is 29.8 Å². The lowest BCUT2D eigenvalue weighted by Crippen LogP contribution is -2.43. The highest BCUT2D eigenvalue weighted by molar-refractivity contribution is 7.90. The van der Waals surface area contributed by atoms with Crippen LogP contribution in [0.15, 0.2) is 48.6 Å². The summed E-state index contributed by atoms with van der Waals surface area (Å²) in [4.78, 5) is 15.3. The molecule has 2 N–H and O–H groups in total. The molecule has 1 aliphatic carbocycles. The van der Waals surface area contributed by atoms with E-state index in [1.165, 1.54) is 12.5 Å². The molecule has 1 amide bonds. The summed E-state index contributed by atoms with van der Waals surface area (Å²) in [5.74, 6) is 0.423. The first-order valence-corrected chi connectivity index (χ1v) is 15.3. The molecule has 7 nitrogen and oxygen atoms in total. The molecule has 38 heavy (non-hydrogen) atoms. The maximum absolute atomic E-state index is 13.1. The largest absolute Gasteiger partial charge is 0.487 e. The standard InChI is InChI=1S/C29H35ClN2O5S/c1-19-5-4-7-27(33)25-12-9-22(25)17-32-14-3-2-6-20-15-24(30)11-8-23(20)18-37-28-13-10-21(16-26(28)32)29(34)31-38(19,35)36/h4-5,8,10-11,13,15-16,19,22,25,27,33H,2-3,6-7,9,12,14,17-18H2,1H3,(H,31,34)/b5-4+/t19-,22+,25-,27+/m1/s1. The molecule has 204 valence electrons. The van der Waals surface area contributed by atoms with E-state index in [1.807, 2.05) is 18.2 Å². The second-order valence-electron chi connectivity index (χ2n) is 10.7. The Labute approximate surface area is 229 Å². The van der Waals surface area contributed by atoms with Crippen molar-refractivity contribution in [1.29, 1.82) is 0 Å². The van der Waals surface area contributed by atoms with Crippen LogP contribution in [0.4, 0.5) is 5.69 Å². The smallest absolute Gasteiger partial charge is 0.264 e. The van der Waals surface area contributed by atoms with Gasteiger partial charge in [0.05, 0.1) is 17.0 Å². The van der Waals surface area contributed by atoms with Crippen LogP contribution >= 0.6 is 11.6 Å². The lowest BCUT2D eigenvalue weighted by Gasteiger charge is -2.43. The SMILES string of the molecule is C[C@@H]1/C=C/C[C@H](O)[C@@H]2CC[C@H]2CN2CCCCc3cc(Cl)ccc3COc3ccc(cc32)C(=O)NS1(=O)=O. The zero-order chi connectivity index (χ0) is 26.9. The van der Waals surface area contributed by atoms with E-state index in [9.17, 15) is 18.3 Å². The molecule has 0 aromatic heterocycles. The number of amides is 1. The number of sulfonamides is 1. The molecule has 9 heteroatoms. The van der Waals surface area contributed by atoms with Crippen molar-refractivity contribution < 1.29 is 23.1 Å². The number of hydrogen-bond acceptors (Lipinski definition) is 6. The molecular weight excluding hydrogens is 524 g/mol. The molecule has 2 aromatic rings. The monoisotopic (exact) mass is 558 g/mol. The fourth-order valence-corrected chi connectivity index (χ4v) is 6.73. The van der Waals surface area contributed by atoms with Gasteiger partial charge < -0.3 is 14.7 Å². The third kappa shape index (κ3) is 5.87. The van der Waals surface area contributed by atoms with Crippen molar-refractivity contribution in [1.82, 2.24) is 4.72 Å². The first kappa shape index (κ1) is 27.0.